The number of amides is 2. The minimum atomic E-state index is -0.501. The third kappa shape index (κ3) is 3.89. The van der Waals surface area contributed by atoms with E-state index in [0.29, 0.717) is 22.5 Å². The zero-order valence-corrected chi connectivity index (χ0v) is 13.9. The van der Waals surface area contributed by atoms with E-state index in [1.165, 1.54) is 6.21 Å². The van der Waals surface area contributed by atoms with Gasteiger partial charge >= 0.3 is 6.03 Å². The van der Waals surface area contributed by atoms with Crippen molar-refractivity contribution in [2.45, 2.75) is 6.92 Å². The number of carbonyl (C=O) groups excluding carboxylic acids is 1. The highest BCUT2D eigenvalue weighted by Crippen LogP contribution is 2.21. The van der Waals surface area contributed by atoms with Gasteiger partial charge < -0.3 is 5.32 Å². The Kier molecular flexibility index (Phi) is 4.84. The number of nitrogens with zero attached hydrogens (tertiary/aromatic N) is 6. The van der Waals surface area contributed by atoms with Crippen LogP contribution in [0.2, 0.25) is 0 Å². The normalized spacial score (nSPS) is 10.6. The number of fused-ring (bicyclic) bond motifs is 1. The van der Waals surface area contributed by atoms with Gasteiger partial charge in [-0.3, -0.25) is 0 Å². The zero-order valence-electron chi connectivity index (χ0n) is 13.0. The molecule has 0 spiro atoms. The van der Waals surface area contributed by atoms with Crippen molar-refractivity contribution in [1.82, 2.24) is 14.2 Å². The van der Waals surface area contributed by atoms with Crippen molar-refractivity contribution in [3.63, 3.8) is 0 Å². The van der Waals surface area contributed by atoms with Crippen molar-refractivity contribution < 1.29 is 4.79 Å². The van der Waals surface area contributed by atoms with E-state index in [1.807, 2.05) is 13.0 Å². The summed E-state index contributed by atoms with van der Waals surface area (Å²) >= 11 is 1.08. The van der Waals surface area contributed by atoms with Crippen molar-refractivity contribution in [2.75, 3.05) is 5.32 Å². The second kappa shape index (κ2) is 7.39. The van der Waals surface area contributed by atoms with E-state index in [1.54, 1.807) is 30.3 Å². The summed E-state index contributed by atoms with van der Waals surface area (Å²) in [5.74, 6) is 0. The molecule has 0 radical (unpaired) electrons. The molecule has 0 aliphatic rings. The summed E-state index contributed by atoms with van der Waals surface area (Å²) in [4.78, 5) is 14.7. The third-order valence-electron chi connectivity index (χ3n) is 3.30. The van der Waals surface area contributed by atoms with Crippen LogP contribution in [0.1, 0.15) is 11.1 Å². The van der Waals surface area contributed by atoms with E-state index < -0.39 is 6.03 Å². The fourth-order valence-corrected chi connectivity index (χ4v) is 2.64. The summed E-state index contributed by atoms with van der Waals surface area (Å²) in [5, 5.41) is 10.2. The SMILES string of the molecule is Cc1ccc(/C=N/NC(=O)Nc2cccc3nsnc23)cc1N=[N+]=[N-]. The summed E-state index contributed by atoms with van der Waals surface area (Å²) in [6.45, 7) is 1.84. The maximum absolute atomic E-state index is 11.9. The van der Waals surface area contributed by atoms with Crippen molar-refractivity contribution in [2.24, 2.45) is 10.2 Å². The van der Waals surface area contributed by atoms with Gasteiger partial charge in [0.2, 0.25) is 0 Å². The molecule has 0 unspecified atom stereocenters. The lowest BCUT2D eigenvalue weighted by Crippen LogP contribution is -2.24. The fourth-order valence-electron chi connectivity index (χ4n) is 2.09. The summed E-state index contributed by atoms with van der Waals surface area (Å²) < 4.78 is 8.26. The quantitative estimate of drug-likeness (QED) is 0.241. The number of urea groups is 1. The fraction of sp³-hybridized carbons (Fsp3) is 0.0667. The summed E-state index contributed by atoms with van der Waals surface area (Å²) in [6.07, 6.45) is 1.46. The molecule has 2 N–H and O–H groups in total. The number of hydrazone groups is 1. The number of benzene rings is 2. The number of hydrogen-bond donors (Lipinski definition) is 2. The van der Waals surface area contributed by atoms with Crippen LogP contribution in [0.25, 0.3) is 21.5 Å². The molecule has 3 aromatic rings. The van der Waals surface area contributed by atoms with Crippen LogP contribution < -0.4 is 10.7 Å². The molecule has 0 atom stereocenters. The van der Waals surface area contributed by atoms with Crippen molar-refractivity contribution >= 4 is 46.4 Å². The molecule has 0 fully saturated rings. The molecule has 2 aromatic carbocycles. The van der Waals surface area contributed by atoms with Gasteiger partial charge in [-0.15, -0.1) is 0 Å². The van der Waals surface area contributed by atoms with Crippen LogP contribution in [-0.4, -0.2) is 21.0 Å². The summed E-state index contributed by atoms with van der Waals surface area (Å²) in [6, 6.07) is 10.1. The van der Waals surface area contributed by atoms with Gasteiger partial charge in [-0.2, -0.15) is 13.8 Å². The first-order valence-electron chi connectivity index (χ1n) is 7.14. The number of carbonyl (C=O) groups is 1. The number of rotatable bonds is 4. The van der Waals surface area contributed by atoms with E-state index in [-0.39, 0.29) is 0 Å². The topological polar surface area (TPSA) is 128 Å². The van der Waals surface area contributed by atoms with E-state index in [2.05, 4.69) is 34.6 Å². The van der Waals surface area contributed by atoms with E-state index >= 15 is 0 Å². The molecule has 1 aromatic heterocycles. The predicted octanol–water partition coefficient (Wildman–Crippen LogP) is 4.10. The molecule has 124 valence electrons. The lowest BCUT2D eigenvalue weighted by Gasteiger charge is -2.04. The molecule has 9 nitrogen and oxygen atoms in total. The summed E-state index contributed by atoms with van der Waals surface area (Å²) in [5.41, 5.74) is 14.9. The molecule has 3 rings (SSSR count). The lowest BCUT2D eigenvalue weighted by molar-refractivity contribution is 0.252. The maximum Gasteiger partial charge on any atom is 0.339 e. The van der Waals surface area contributed by atoms with Crippen molar-refractivity contribution in [1.29, 1.82) is 0 Å². The van der Waals surface area contributed by atoms with Crippen LogP contribution in [0.15, 0.2) is 46.6 Å². The van der Waals surface area contributed by atoms with Gasteiger partial charge in [0.25, 0.3) is 0 Å². The maximum atomic E-state index is 11.9. The summed E-state index contributed by atoms with van der Waals surface area (Å²) in [7, 11) is 0. The molecule has 25 heavy (non-hydrogen) atoms. The van der Waals surface area contributed by atoms with Crippen LogP contribution >= 0.6 is 11.7 Å². The highest BCUT2D eigenvalue weighted by molar-refractivity contribution is 7.00. The third-order valence-corrected chi connectivity index (χ3v) is 3.84. The van der Waals surface area contributed by atoms with Gasteiger partial charge in [-0.25, -0.2) is 10.2 Å². The molecular weight excluding hydrogens is 340 g/mol. The number of aryl methyl sites for hydroxylation is 1. The second-order valence-electron chi connectivity index (χ2n) is 5.00. The zero-order chi connectivity index (χ0) is 17.6. The van der Waals surface area contributed by atoms with Gasteiger partial charge in [0.15, 0.2) is 0 Å². The smallest absolute Gasteiger partial charge is 0.304 e. The second-order valence-corrected chi connectivity index (χ2v) is 5.53. The average molecular weight is 352 g/mol. The van der Waals surface area contributed by atoms with Crippen LogP contribution in [0.5, 0.6) is 0 Å². The average Bonchev–Trinajstić information content (AvgIpc) is 3.08. The van der Waals surface area contributed by atoms with Crippen LogP contribution in [0.3, 0.4) is 0 Å². The van der Waals surface area contributed by atoms with Gasteiger partial charge in [-0.1, -0.05) is 23.3 Å². The highest BCUT2D eigenvalue weighted by Gasteiger charge is 2.07. The van der Waals surface area contributed by atoms with Crippen molar-refractivity contribution in [3.8, 4) is 0 Å². The Labute approximate surface area is 146 Å². The van der Waals surface area contributed by atoms with Crippen molar-refractivity contribution in [3.05, 3.63) is 58.0 Å². The first kappa shape index (κ1) is 16.4. The molecule has 1 heterocycles. The number of anilines is 1. The lowest BCUT2D eigenvalue weighted by atomic mass is 10.1. The minimum absolute atomic E-state index is 0.501. The Morgan fingerprint density at radius 3 is 3.04 bits per heavy atom. The van der Waals surface area contributed by atoms with Crippen LogP contribution in [0.4, 0.5) is 16.2 Å². The Bertz CT molecular complexity index is 1010. The van der Waals surface area contributed by atoms with Crippen LogP contribution in [-0.2, 0) is 0 Å². The largest absolute Gasteiger partial charge is 0.339 e. The molecule has 0 saturated heterocycles. The number of azide groups is 1. The van der Waals surface area contributed by atoms with Gasteiger partial charge in [-0.05, 0) is 41.8 Å². The molecule has 0 bridgehead atoms. The first-order valence-corrected chi connectivity index (χ1v) is 7.87. The van der Waals surface area contributed by atoms with Gasteiger partial charge in [0, 0.05) is 10.6 Å². The number of aromatic nitrogens is 2. The monoisotopic (exact) mass is 352 g/mol. The van der Waals surface area contributed by atoms with Gasteiger partial charge in [0.1, 0.15) is 11.0 Å². The standard InChI is InChI=1S/C15H12N8OS/c1-9-5-6-10(7-13(9)19-23-16)8-17-20-15(24)18-11-3-2-4-12-14(11)22-25-21-12/h2-8H,1H3,(H2,18,20,24)/b17-8+. The van der Waals surface area contributed by atoms with Crippen LogP contribution in [0, 0.1) is 6.92 Å². The molecular formula is C15H12N8OS. The first-order chi connectivity index (χ1) is 12.2. The van der Waals surface area contributed by atoms with E-state index in [0.717, 1.165) is 22.8 Å². The highest BCUT2D eigenvalue weighted by atomic mass is 32.1. The molecule has 2 amide bonds. The molecule has 0 aliphatic carbocycles. The Morgan fingerprint density at radius 1 is 1.32 bits per heavy atom. The Hall–Kier alpha value is -3.49. The Balaban J connectivity index is 1.66. The molecule has 0 saturated carbocycles. The van der Waals surface area contributed by atoms with E-state index in [4.69, 9.17) is 5.53 Å². The Morgan fingerprint density at radius 2 is 2.20 bits per heavy atom. The number of hydrogen-bond acceptors (Lipinski definition) is 6. The molecule has 0 aliphatic heterocycles. The van der Waals surface area contributed by atoms with Gasteiger partial charge in [0.05, 0.1) is 23.6 Å². The minimum Gasteiger partial charge on any atom is -0.304 e. The predicted molar refractivity (Wildman–Crippen MR) is 97.1 cm³/mol. The van der Waals surface area contributed by atoms with E-state index in [9.17, 15) is 4.79 Å². The number of nitrogens with one attached hydrogen (secondary N) is 2. The molecule has 10 heteroatoms.